The van der Waals surface area contributed by atoms with Gasteiger partial charge in [-0.15, -0.1) is 0 Å². The number of aromatic hydroxyl groups is 2. The van der Waals surface area contributed by atoms with Gasteiger partial charge in [0.25, 0.3) is 0 Å². The first kappa shape index (κ1) is 6.49. The Morgan fingerprint density at radius 3 is 2.82 bits per heavy atom. The Balaban J connectivity index is 2.62. The van der Waals surface area contributed by atoms with Crippen molar-refractivity contribution < 1.29 is 10.2 Å². The Kier molecular flexibility index (Phi) is 1.26. The van der Waals surface area contributed by atoms with Crippen molar-refractivity contribution >= 4 is 0 Å². The van der Waals surface area contributed by atoms with E-state index in [1.165, 1.54) is 6.07 Å². The maximum absolute atomic E-state index is 9.31. The largest absolute Gasteiger partial charge is 0.504 e. The maximum Gasteiger partial charge on any atom is 0.162 e. The van der Waals surface area contributed by atoms with Gasteiger partial charge in [-0.1, -0.05) is 6.07 Å². The lowest BCUT2D eigenvalue weighted by Crippen LogP contribution is -1.89. The summed E-state index contributed by atoms with van der Waals surface area (Å²) in [5.74, 6) is -0.0652. The summed E-state index contributed by atoms with van der Waals surface area (Å²) >= 11 is 0. The van der Waals surface area contributed by atoms with Gasteiger partial charge < -0.3 is 10.2 Å². The van der Waals surface area contributed by atoms with Gasteiger partial charge in [-0.3, -0.25) is 0 Å². The van der Waals surface area contributed by atoms with Crippen LogP contribution in [-0.2, 0) is 13.1 Å². The number of rotatable bonds is 0. The average molecular weight is 150 g/mol. The monoisotopic (exact) mass is 150 g/mol. The van der Waals surface area contributed by atoms with Crippen LogP contribution in [0.2, 0.25) is 0 Å². The topological polar surface area (TPSA) is 54.6 Å². The maximum atomic E-state index is 9.31. The summed E-state index contributed by atoms with van der Waals surface area (Å²) in [5, 5.41) is 22.5. The van der Waals surface area contributed by atoms with E-state index in [0.717, 1.165) is 11.1 Å². The number of phenols is 2. The van der Waals surface area contributed by atoms with E-state index in [0.29, 0.717) is 13.1 Å². The summed E-state index contributed by atoms with van der Waals surface area (Å²) in [6, 6.07) is 3.29. The molecule has 1 aromatic carbocycles. The van der Waals surface area contributed by atoms with Crippen molar-refractivity contribution in [3.63, 3.8) is 0 Å². The lowest BCUT2D eigenvalue weighted by Gasteiger charge is -2.01. The van der Waals surface area contributed by atoms with E-state index in [1.807, 2.05) is 0 Å². The van der Waals surface area contributed by atoms with Crippen LogP contribution in [0.5, 0.6) is 11.5 Å². The van der Waals surface area contributed by atoms with E-state index in [1.54, 1.807) is 6.07 Å². The zero-order valence-electron chi connectivity index (χ0n) is 5.91. The highest BCUT2D eigenvalue weighted by molar-refractivity contribution is 5.50. The summed E-state index contributed by atoms with van der Waals surface area (Å²) in [6.45, 7) is 1.18. The molecular formula is C8H8NO2. The van der Waals surface area contributed by atoms with Crippen LogP contribution >= 0.6 is 0 Å². The van der Waals surface area contributed by atoms with Crippen molar-refractivity contribution in [1.29, 1.82) is 0 Å². The number of nitrogens with zero attached hydrogens (tertiary/aromatic N) is 1. The third kappa shape index (κ3) is 0.851. The van der Waals surface area contributed by atoms with E-state index >= 15 is 0 Å². The first-order valence-corrected chi connectivity index (χ1v) is 3.45. The summed E-state index contributed by atoms with van der Waals surface area (Å²) < 4.78 is 0. The molecule has 3 heteroatoms. The minimum absolute atomic E-state index is 0.0104. The van der Waals surface area contributed by atoms with Crippen LogP contribution < -0.4 is 5.32 Å². The van der Waals surface area contributed by atoms with Gasteiger partial charge in [0.2, 0.25) is 0 Å². The highest BCUT2D eigenvalue weighted by Crippen LogP contribution is 2.33. The van der Waals surface area contributed by atoms with Gasteiger partial charge in [0.15, 0.2) is 11.5 Å². The van der Waals surface area contributed by atoms with Gasteiger partial charge in [0, 0.05) is 18.7 Å². The lowest BCUT2D eigenvalue weighted by molar-refractivity contribution is 0.399. The fourth-order valence-corrected chi connectivity index (χ4v) is 1.28. The average Bonchev–Trinajstić information content (AvgIpc) is 2.45. The van der Waals surface area contributed by atoms with Crippen molar-refractivity contribution in [2.45, 2.75) is 13.1 Å². The Hall–Kier alpha value is -1.22. The number of fused-ring (bicyclic) bond motifs is 1. The molecule has 0 fully saturated rings. The molecule has 3 nitrogen and oxygen atoms in total. The van der Waals surface area contributed by atoms with Crippen molar-refractivity contribution in [2.75, 3.05) is 0 Å². The molecule has 0 saturated carbocycles. The first-order valence-electron chi connectivity index (χ1n) is 3.45. The van der Waals surface area contributed by atoms with Gasteiger partial charge >= 0.3 is 0 Å². The quantitative estimate of drug-likeness (QED) is 0.535. The number of benzene rings is 1. The molecule has 1 heterocycles. The summed E-state index contributed by atoms with van der Waals surface area (Å²) in [6.07, 6.45) is 0. The summed E-state index contributed by atoms with van der Waals surface area (Å²) in [4.78, 5) is 0. The second-order valence-electron chi connectivity index (χ2n) is 2.61. The molecular weight excluding hydrogens is 142 g/mol. The van der Waals surface area contributed by atoms with Gasteiger partial charge in [0.05, 0.1) is 0 Å². The van der Waals surface area contributed by atoms with E-state index in [-0.39, 0.29) is 11.5 Å². The highest BCUT2D eigenvalue weighted by atomic mass is 16.3. The van der Waals surface area contributed by atoms with Crippen molar-refractivity contribution in [3.8, 4) is 11.5 Å². The Morgan fingerprint density at radius 2 is 2.00 bits per heavy atom. The van der Waals surface area contributed by atoms with Crippen LogP contribution in [0.25, 0.3) is 0 Å². The Labute approximate surface area is 64.3 Å². The molecule has 0 aromatic heterocycles. The molecule has 2 N–H and O–H groups in total. The molecule has 1 radical (unpaired) electrons. The van der Waals surface area contributed by atoms with Crippen LogP contribution in [0.3, 0.4) is 0 Å². The van der Waals surface area contributed by atoms with Crippen LogP contribution in [-0.4, -0.2) is 10.2 Å². The molecule has 1 aromatic rings. The fraction of sp³-hybridized carbons (Fsp3) is 0.250. The zero-order valence-corrected chi connectivity index (χ0v) is 5.91. The molecule has 0 unspecified atom stereocenters. The molecule has 2 rings (SSSR count). The molecule has 1 aliphatic rings. The van der Waals surface area contributed by atoms with Gasteiger partial charge in [0.1, 0.15) is 0 Å². The van der Waals surface area contributed by atoms with Crippen LogP contribution in [0, 0.1) is 0 Å². The minimum Gasteiger partial charge on any atom is -0.504 e. The minimum atomic E-state index is -0.0548. The molecule has 0 amide bonds. The van der Waals surface area contributed by atoms with E-state index < -0.39 is 0 Å². The molecule has 0 spiro atoms. The molecule has 0 bridgehead atoms. The van der Waals surface area contributed by atoms with E-state index in [2.05, 4.69) is 5.32 Å². The predicted octanol–water partition coefficient (Wildman–Crippen LogP) is 0.716. The normalized spacial score (nSPS) is 14.9. The highest BCUT2D eigenvalue weighted by Gasteiger charge is 2.16. The lowest BCUT2D eigenvalue weighted by atomic mass is 10.1. The molecule has 0 saturated heterocycles. The summed E-state index contributed by atoms with van der Waals surface area (Å²) in [5.41, 5.74) is 1.78. The van der Waals surface area contributed by atoms with E-state index in [4.69, 9.17) is 5.11 Å². The van der Waals surface area contributed by atoms with Crippen LogP contribution in [0.4, 0.5) is 0 Å². The zero-order chi connectivity index (χ0) is 7.84. The van der Waals surface area contributed by atoms with Crippen molar-refractivity contribution in [3.05, 3.63) is 23.3 Å². The van der Waals surface area contributed by atoms with E-state index in [9.17, 15) is 5.11 Å². The van der Waals surface area contributed by atoms with Gasteiger partial charge in [-0.25, -0.2) is 5.32 Å². The van der Waals surface area contributed by atoms with Crippen LogP contribution in [0.15, 0.2) is 12.1 Å². The van der Waals surface area contributed by atoms with Crippen molar-refractivity contribution in [1.82, 2.24) is 5.32 Å². The molecule has 57 valence electrons. The number of hydrogen-bond donors (Lipinski definition) is 2. The van der Waals surface area contributed by atoms with Crippen molar-refractivity contribution in [2.24, 2.45) is 0 Å². The van der Waals surface area contributed by atoms with Crippen LogP contribution in [0.1, 0.15) is 11.1 Å². The predicted molar refractivity (Wildman–Crippen MR) is 39.3 cm³/mol. The molecule has 1 aliphatic heterocycles. The molecule has 0 atom stereocenters. The standard InChI is InChI=1S/C8H8NO2/c10-7-2-1-5-3-9-4-6(5)8(7)11/h1-2,10-11H,3-4H2. The first-order chi connectivity index (χ1) is 5.29. The molecule has 11 heavy (non-hydrogen) atoms. The Morgan fingerprint density at radius 1 is 1.18 bits per heavy atom. The third-order valence-corrected chi connectivity index (χ3v) is 1.91. The smallest absolute Gasteiger partial charge is 0.162 e. The summed E-state index contributed by atoms with van der Waals surface area (Å²) in [7, 11) is 0. The second kappa shape index (κ2) is 2.13. The van der Waals surface area contributed by atoms with Gasteiger partial charge in [-0.2, -0.15) is 0 Å². The Bertz CT molecular complexity index is 296. The fourth-order valence-electron chi connectivity index (χ4n) is 1.28. The SMILES string of the molecule is Oc1ccc2c(c1O)C[N]C2. The number of hydrogen-bond acceptors (Lipinski definition) is 2. The second-order valence-corrected chi connectivity index (χ2v) is 2.61. The van der Waals surface area contributed by atoms with Gasteiger partial charge in [-0.05, 0) is 11.6 Å². The molecule has 0 aliphatic carbocycles. The third-order valence-electron chi connectivity index (χ3n) is 1.91. The number of phenolic OH excluding ortho intramolecular Hbond substituents is 2.